The number of hydrogen-bond donors (Lipinski definition) is 1. The number of aromatic amines is 1. The Balaban J connectivity index is 1.71. The minimum atomic E-state index is -0.435. The van der Waals surface area contributed by atoms with Crippen molar-refractivity contribution < 1.29 is 18.3 Å². The lowest BCUT2D eigenvalue weighted by Crippen LogP contribution is -2.35. The topological polar surface area (TPSA) is 58.2 Å². The molecule has 1 amide bonds. The van der Waals surface area contributed by atoms with Gasteiger partial charge in [-0.1, -0.05) is 6.07 Å². The quantitative estimate of drug-likeness (QED) is 0.530. The van der Waals surface area contributed by atoms with Crippen LogP contribution < -0.4 is 4.74 Å². The summed E-state index contributed by atoms with van der Waals surface area (Å²) in [7, 11) is 1.43. The van der Waals surface area contributed by atoms with Crippen LogP contribution in [0.2, 0.25) is 0 Å². The number of H-pyrrole nitrogens is 1. The molecule has 0 fully saturated rings. The molecule has 1 N–H and O–H groups in total. The number of amides is 1. The van der Waals surface area contributed by atoms with Crippen LogP contribution in [-0.4, -0.2) is 34.4 Å². The SMILES string of the molecule is COc1ccc(Cc2nc3c(c4c2[nH]c2ccc(F)cc24)CCN(C(C)=O)C3)cc1F. The summed E-state index contributed by atoms with van der Waals surface area (Å²) >= 11 is 0. The molecule has 7 heteroatoms. The monoisotopic (exact) mass is 421 g/mol. The van der Waals surface area contributed by atoms with Crippen molar-refractivity contribution in [3.63, 3.8) is 0 Å². The van der Waals surface area contributed by atoms with E-state index >= 15 is 0 Å². The molecule has 0 atom stereocenters. The number of nitrogens with one attached hydrogen (secondary N) is 1. The summed E-state index contributed by atoms with van der Waals surface area (Å²) in [5, 5.41) is 1.73. The number of benzene rings is 2. The predicted molar refractivity (Wildman–Crippen MR) is 114 cm³/mol. The largest absolute Gasteiger partial charge is 0.494 e. The van der Waals surface area contributed by atoms with Crippen LogP contribution in [0.15, 0.2) is 36.4 Å². The predicted octanol–water partition coefficient (Wildman–Crippen LogP) is 4.50. The molecule has 0 bridgehead atoms. The summed E-state index contributed by atoms with van der Waals surface area (Å²) in [5.41, 5.74) is 4.98. The maximum absolute atomic E-state index is 14.3. The van der Waals surface area contributed by atoms with Crippen molar-refractivity contribution in [3.05, 3.63) is 70.5 Å². The molecule has 0 radical (unpaired) electrons. The summed E-state index contributed by atoms with van der Waals surface area (Å²) in [5.74, 6) is -0.559. The Morgan fingerprint density at radius 2 is 2.06 bits per heavy atom. The van der Waals surface area contributed by atoms with Crippen LogP contribution in [-0.2, 0) is 24.2 Å². The Morgan fingerprint density at radius 1 is 1.23 bits per heavy atom. The standard InChI is InChI=1S/C24H21F2N3O2/c1-13(30)29-8-7-16-21(12-29)27-20(10-14-3-6-22(31-2)18(26)9-14)24-23(16)17-11-15(25)4-5-19(17)28-24/h3-6,9,11,28H,7-8,10,12H2,1-2H3. The number of hydrogen-bond acceptors (Lipinski definition) is 3. The molecule has 31 heavy (non-hydrogen) atoms. The van der Waals surface area contributed by atoms with Crippen molar-refractivity contribution in [1.29, 1.82) is 0 Å². The van der Waals surface area contributed by atoms with Gasteiger partial charge in [-0.2, -0.15) is 0 Å². The number of carbonyl (C=O) groups is 1. The van der Waals surface area contributed by atoms with Crippen LogP contribution in [0.25, 0.3) is 21.8 Å². The van der Waals surface area contributed by atoms with Gasteiger partial charge in [-0.15, -0.1) is 0 Å². The number of halogens is 2. The van der Waals surface area contributed by atoms with Gasteiger partial charge in [0.1, 0.15) is 5.82 Å². The Labute approximate surface area is 177 Å². The van der Waals surface area contributed by atoms with Crippen LogP contribution in [0, 0.1) is 11.6 Å². The molecule has 5 nitrogen and oxygen atoms in total. The van der Waals surface area contributed by atoms with E-state index < -0.39 is 5.82 Å². The van der Waals surface area contributed by atoms with Crippen LogP contribution in [0.1, 0.15) is 29.4 Å². The third kappa shape index (κ3) is 3.30. The summed E-state index contributed by atoms with van der Waals surface area (Å²) in [6, 6.07) is 9.52. The summed E-state index contributed by atoms with van der Waals surface area (Å²) < 4.78 is 33.3. The number of pyridine rings is 1. The number of rotatable bonds is 3. The van der Waals surface area contributed by atoms with E-state index in [-0.39, 0.29) is 17.5 Å². The van der Waals surface area contributed by atoms with E-state index in [0.29, 0.717) is 25.9 Å². The average molecular weight is 421 g/mol. The third-order valence-electron chi connectivity index (χ3n) is 5.97. The van der Waals surface area contributed by atoms with Gasteiger partial charge in [-0.3, -0.25) is 9.78 Å². The van der Waals surface area contributed by atoms with Crippen molar-refractivity contribution in [2.24, 2.45) is 0 Å². The van der Waals surface area contributed by atoms with Gasteiger partial charge in [0.15, 0.2) is 11.6 Å². The van der Waals surface area contributed by atoms with Gasteiger partial charge in [0, 0.05) is 36.2 Å². The second-order valence-electron chi connectivity index (χ2n) is 7.88. The van der Waals surface area contributed by atoms with Crippen molar-refractivity contribution in [2.45, 2.75) is 26.3 Å². The molecular weight excluding hydrogens is 400 g/mol. The highest BCUT2D eigenvalue weighted by Gasteiger charge is 2.25. The van der Waals surface area contributed by atoms with E-state index in [9.17, 15) is 13.6 Å². The smallest absolute Gasteiger partial charge is 0.219 e. The van der Waals surface area contributed by atoms with Gasteiger partial charge in [0.05, 0.1) is 30.6 Å². The lowest BCUT2D eigenvalue weighted by atomic mass is 9.96. The highest BCUT2D eigenvalue weighted by Crippen LogP contribution is 2.35. The van der Waals surface area contributed by atoms with Gasteiger partial charge < -0.3 is 14.6 Å². The minimum absolute atomic E-state index is 0.00343. The van der Waals surface area contributed by atoms with Crippen LogP contribution in [0.5, 0.6) is 5.75 Å². The fourth-order valence-electron chi connectivity index (χ4n) is 4.44. The first kappa shape index (κ1) is 19.5. The second kappa shape index (κ2) is 7.34. The van der Waals surface area contributed by atoms with Gasteiger partial charge >= 0.3 is 0 Å². The van der Waals surface area contributed by atoms with E-state index in [1.807, 2.05) is 0 Å². The molecule has 0 spiro atoms. The van der Waals surface area contributed by atoms with Gasteiger partial charge in [0.25, 0.3) is 0 Å². The Kier molecular flexibility index (Phi) is 4.61. The zero-order valence-electron chi connectivity index (χ0n) is 17.3. The number of carbonyl (C=O) groups excluding carboxylic acids is 1. The number of aromatic nitrogens is 2. The molecule has 4 aromatic rings. The minimum Gasteiger partial charge on any atom is -0.494 e. The van der Waals surface area contributed by atoms with E-state index in [1.54, 1.807) is 30.0 Å². The second-order valence-corrected chi connectivity index (χ2v) is 7.88. The first-order valence-corrected chi connectivity index (χ1v) is 10.1. The maximum atomic E-state index is 14.3. The fourth-order valence-corrected chi connectivity index (χ4v) is 4.44. The zero-order chi connectivity index (χ0) is 21.7. The zero-order valence-corrected chi connectivity index (χ0v) is 17.3. The molecule has 3 heterocycles. The maximum Gasteiger partial charge on any atom is 0.219 e. The highest BCUT2D eigenvalue weighted by molar-refractivity contribution is 6.10. The summed E-state index contributed by atoms with van der Waals surface area (Å²) in [6.45, 7) is 2.56. The van der Waals surface area contributed by atoms with Crippen LogP contribution >= 0.6 is 0 Å². The summed E-state index contributed by atoms with van der Waals surface area (Å²) in [4.78, 5) is 22.0. The normalized spacial score (nSPS) is 13.6. The van der Waals surface area contributed by atoms with E-state index in [1.165, 1.54) is 25.3 Å². The van der Waals surface area contributed by atoms with E-state index in [4.69, 9.17) is 9.72 Å². The molecule has 5 rings (SSSR count). The van der Waals surface area contributed by atoms with Crippen molar-refractivity contribution >= 4 is 27.7 Å². The number of methoxy groups -OCH3 is 1. The number of ether oxygens (including phenoxy) is 1. The lowest BCUT2D eigenvalue weighted by molar-refractivity contribution is -0.129. The number of nitrogens with zero attached hydrogens (tertiary/aromatic N) is 2. The third-order valence-corrected chi connectivity index (χ3v) is 5.97. The van der Waals surface area contributed by atoms with E-state index in [2.05, 4.69) is 4.98 Å². The van der Waals surface area contributed by atoms with Crippen LogP contribution in [0.4, 0.5) is 8.78 Å². The van der Waals surface area contributed by atoms with Gasteiger partial charge in [0.2, 0.25) is 5.91 Å². The first-order chi connectivity index (χ1) is 14.9. The van der Waals surface area contributed by atoms with Crippen LogP contribution in [0.3, 0.4) is 0 Å². The Morgan fingerprint density at radius 3 is 2.81 bits per heavy atom. The summed E-state index contributed by atoms with van der Waals surface area (Å²) in [6.07, 6.45) is 1.04. The van der Waals surface area contributed by atoms with Crippen molar-refractivity contribution in [2.75, 3.05) is 13.7 Å². The highest BCUT2D eigenvalue weighted by atomic mass is 19.1. The van der Waals surface area contributed by atoms with Gasteiger partial charge in [-0.05, 0) is 47.9 Å². The first-order valence-electron chi connectivity index (χ1n) is 10.1. The molecule has 0 unspecified atom stereocenters. The Hall–Kier alpha value is -3.48. The van der Waals surface area contributed by atoms with Crippen molar-refractivity contribution in [1.82, 2.24) is 14.9 Å². The molecule has 0 saturated carbocycles. The molecule has 0 aliphatic carbocycles. The fraction of sp³-hybridized carbons (Fsp3) is 0.250. The molecule has 2 aromatic heterocycles. The van der Waals surface area contributed by atoms with E-state index in [0.717, 1.165) is 44.3 Å². The van der Waals surface area contributed by atoms with Gasteiger partial charge in [-0.25, -0.2) is 8.78 Å². The Bertz CT molecular complexity index is 1350. The molecule has 2 aromatic carbocycles. The van der Waals surface area contributed by atoms with Crippen molar-refractivity contribution in [3.8, 4) is 5.75 Å². The molecule has 1 aliphatic rings. The average Bonchev–Trinajstić information content (AvgIpc) is 3.13. The lowest BCUT2D eigenvalue weighted by Gasteiger charge is -2.28. The molecular formula is C24H21F2N3O2. The molecule has 158 valence electrons. The number of fused-ring (bicyclic) bond motifs is 5. The molecule has 1 aliphatic heterocycles. The molecule has 0 saturated heterocycles.